The standard InChI is InChI=1S/C13H23NO3/c1-10-6-7-12(17-10)13(16)14-8-4-2-3-5-11(14)9-15/h10-12,15H,2-9H2,1H3. The summed E-state index contributed by atoms with van der Waals surface area (Å²) < 4.78 is 5.64. The molecule has 4 nitrogen and oxygen atoms in total. The third-order valence-electron chi connectivity index (χ3n) is 3.88. The van der Waals surface area contributed by atoms with Gasteiger partial charge < -0.3 is 14.7 Å². The maximum Gasteiger partial charge on any atom is 0.252 e. The first kappa shape index (κ1) is 12.8. The zero-order valence-corrected chi connectivity index (χ0v) is 10.6. The van der Waals surface area contributed by atoms with E-state index in [1.807, 2.05) is 11.8 Å². The Morgan fingerprint density at radius 3 is 2.76 bits per heavy atom. The molecule has 2 fully saturated rings. The second kappa shape index (κ2) is 5.83. The SMILES string of the molecule is CC1CCC(C(=O)N2CCCCCC2CO)O1. The molecular weight excluding hydrogens is 218 g/mol. The van der Waals surface area contributed by atoms with Crippen LogP contribution in [0.4, 0.5) is 0 Å². The van der Waals surface area contributed by atoms with E-state index in [9.17, 15) is 9.90 Å². The Bertz CT molecular complexity index is 269. The van der Waals surface area contributed by atoms with Crippen molar-refractivity contribution in [1.82, 2.24) is 4.90 Å². The first-order valence-corrected chi connectivity index (χ1v) is 6.79. The van der Waals surface area contributed by atoms with E-state index in [-0.39, 0.29) is 30.8 Å². The fourth-order valence-corrected chi connectivity index (χ4v) is 2.83. The highest BCUT2D eigenvalue weighted by molar-refractivity contribution is 5.81. The smallest absolute Gasteiger partial charge is 0.252 e. The lowest BCUT2D eigenvalue weighted by molar-refractivity contribution is -0.145. The van der Waals surface area contributed by atoms with Gasteiger partial charge in [0.05, 0.1) is 18.8 Å². The number of hydrogen-bond acceptors (Lipinski definition) is 3. The minimum absolute atomic E-state index is 0.00417. The molecule has 2 heterocycles. The summed E-state index contributed by atoms with van der Waals surface area (Å²) in [7, 11) is 0. The Morgan fingerprint density at radius 2 is 2.12 bits per heavy atom. The molecule has 2 saturated heterocycles. The zero-order chi connectivity index (χ0) is 12.3. The molecule has 98 valence electrons. The number of ether oxygens (including phenoxy) is 1. The van der Waals surface area contributed by atoms with E-state index >= 15 is 0 Å². The average molecular weight is 241 g/mol. The molecule has 1 amide bonds. The number of aliphatic hydroxyl groups excluding tert-OH is 1. The number of carbonyl (C=O) groups is 1. The molecule has 0 saturated carbocycles. The predicted molar refractivity (Wildman–Crippen MR) is 64.6 cm³/mol. The monoisotopic (exact) mass is 241 g/mol. The Kier molecular flexibility index (Phi) is 4.40. The maximum absolute atomic E-state index is 12.4. The lowest BCUT2D eigenvalue weighted by Crippen LogP contribution is -2.46. The van der Waals surface area contributed by atoms with Crippen LogP contribution < -0.4 is 0 Å². The summed E-state index contributed by atoms with van der Waals surface area (Å²) in [5.74, 6) is 0.0929. The molecule has 2 aliphatic rings. The number of likely N-dealkylation sites (tertiary alicyclic amines) is 1. The van der Waals surface area contributed by atoms with Gasteiger partial charge in [-0.3, -0.25) is 4.79 Å². The van der Waals surface area contributed by atoms with Gasteiger partial charge in [0, 0.05) is 6.54 Å². The van der Waals surface area contributed by atoms with Crippen molar-refractivity contribution in [2.45, 2.75) is 63.7 Å². The summed E-state index contributed by atoms with van der Waals surface area (Å²) in [6.45, 7) is 2.87. The minimum Gasteiger partial charge on any atom is -0.394 e. The number of hydrogen-bond donors (Lipinski definition) is 1. The first-order valence-electron chi connectivity index (χ1n) is 6.79. The van der Waals surface area contributed by atoms with Crippen LogP contribution in [0.2, 0.25) is 0 Å². The molecule has 0 aliphatic carbocycles. The van der Waals surface area contributed by atoms with E-state index in [0.717, 1.165) is 45.1 Å². The number of aliphatic hydroxyl groups is 1. The second-order valence-electron chi connectivity index (χ2n) is 5.23. The van der Waals surface area contributed by atoms with Crippen LogP contribution in [0.25, 0.3) is 0 Å². The van der Waals surface area contributed by atoms with Gasteiger partial charge in [0.2, 0.25) is 0 Å². The lowest BCUT2D eigenvalue weighted by atomic mass is 10.1. The zero-order valence-electron chi connectivity index (χ0n) is 10.6. The van der Waals surface area contributed by atoms with Gasteiger partial charge in [-0.15, -0.1) is 0 Å². The van der Waals surface area contributed by atoms with Crippen molar-refractivity contribution in [3.05, 3.63) is 0 Å². The molecule has 17 heavy (non-hydrogen) atoms. The predicted octanol–water partition coefficient (Wildman–Crippen LogP) is 1.32. The molecule has 0 aromatic carbocycles. The minimum atomic E-state index is -0.267. The molecule has 3 unspecified atom stereocenters. The van der Waals surface area contributed by atoms with Crippen molar-refractivity contribution in [1.29, 1.82) is 0 Å². The third kappa shape index (κ3) is 2.99. The highest BCUT2D eigenvalue weighted by atomic mass is 16.5. The fraction of sp³-hybridized carbons (Fsp3) is 0.923. The highest BCUT2D eigenvalue weighted by Gasteiger charge is 2.34. The Hall–Kier alpha value is -0.610. The average Bonchev–Trinajstić information content (AvgIpc) is 2.64. The van der Waals surface area contributed by atoms with Crippen molar-refractivity contribution < 1.29 is 14.6 Å². The lowest BCUT2D eigenvalue weighted by Gasteiger charge is -2.30. The van der Waals surface area contributed by atoms with Crippen LogP contribution in [0.3, 0.4) is 0 Å². The van der Waals surface area contributed by atoms with Crippen molar-refractivity contribution >= 4 is 5.91 Å². The van der Waals surface area contributed by atoms with Gasteiger partial charge in [-0.2, -0.15) is 0 Å². The molecule has 0 aromatic rings. The quantitative estimate of drug-likeness (QED) is 0.793. The van der Waals surface area contributed by atoms with E-state index in [1.54, 1.807) is 0 Å². The fourth-order valence-electron chi connectivity index (χ4n) is 2.83. The van der Waals surface area contributed by atoms with Crippen molar-refractivity contribution in [2.75, 3.05) is 13.2 Å². The van der Waals surface area contributed by atoms with Gasteiger partial charge in [-0.1, -0.05) is 12.8 Å². The first-order chi connectivity index (χ1) is 8.22. The maximum atomic E-state index is 12.4. The summed E-state index contributed by atoms with van der Waals surface area (Å²) in [4.78, 5) is 14.2. The number of carbonyl (C=O) groups excluding carboxylic acids is 1. The topological polar surface area (TPSA) is 49.8 Å². The Morgan fingerprint density at radius 1 is 1.29 bits per heavy atom. The van der Waals surface area contributed by atoms with Crippen LogP contribution >= 0.6 is 0 Å². The van der Waals surface area contributed by atoms with Crippen LogP contribution in [-0.4, -0.2) is 47.3 Å². The van der Waals surface area contributed by atoms with Gasteiger partial charge >= 0.3 is 0 Å². The van der Waals surface area contributed by atoms with Gasteiger partial charge in [-0.05, 0) is 32.6 Å². The number of amides is 1. The van der Waals surface area contributed by atoms with E-state index in [2.05, 4.69) is 0 Å². The van der Waals surface area contributed by atoms with E-state index < -0.39 is 0 Å². The van der Waals surface area contributed by atoms with Gasteiger partial charge in [0.15, 0.2) is 0 Å². The largest absolute Gasteiger partial charge is 0.394 e. The Balaban J connectivity index is 2.00. The molecule has 0 aromatic heterocycles. The molecule has 0 spiro atoms. The van der Waals surface area contributed by atoms with E-state index in [0.29, 0.717) is 0 Å². The molecule has 2 aliphatic heterocycles. The Labute approximate surface area is 103 Å². The van der Waals surface area contributed by atoms with Crippen LogP contribution in [0.5, 0.6) is 0 Å². The van der Waals surface area contributed by atoms with Crippen molar-refractivity contribution in [3.8, 4) is 0 Å². The molecule has 3 atom stereocenters. The molecule has 4 heteroatoms. The van der Waals surface area contributed by atoms with Gasteiger partial charge in [-0.25, -0.2) is 0 Å². The molecule has 0 bridgehead atoms. The van der Waals surface area contributed by atoms with Crippen molar-refractivity contribution in [2.24, 2.45) is 0 Å². The summed E-state index contributed by atoms with van der Waals surface area (Å²) in [6.07, 6.45) is 5.96. The highest BCUT2D eigenvalue weighted by Crippen LogP contribution is 2.24. The van der Waals surface area contributed by atoms with Gasteiger partial charge in [0.1, 0.15) is 6.10 Å². The summed E-state index contributed by atoms with van der Waals surface area (Å²) in [6, 6.07) is 0.00417. The van der Waals surface area contributed by atoms with Crippen LogP contribution in [-0.2, 0) is 9.53 Å². The molecule has 2 rings (SSSR count). The van der Waals surface area contributed by atoms with Crippen LogP contribution in [0.15, 0.2) is 0 Å². The normalized spacial score (nSPS) is 34.7. The third-order valence-corrected chi connectivity index (χ3v) is 3.88. The molecular formula is C13H23NO3. The van der Waals surface area contributed by atoms with Crippen molar-refractivity contribution in [3.63, 3.8) is 0 Å². The summed E-state index contributed by atoms with van der Waals surface area (Å²) in [5.41, 5.74) is 0. The number of nitrogens with zero attached hydrogens (tertiary/aromatic N) is 1. The van der Waals surface area contributed by atoms with Crippen LogP contribution in [0.1, 0.15) is 45.4 Å². The van der Waals surface area contributed by atoms with Gasteiger partial charge in [0.25, 0.3) is 5.91 Å². The number of rotatable bonds is 2. The summed E-state index contributed by atoms with van der Waals surface area (Å²) in [5, 5.41) is 9.40. The molecule has 0 radical (unpaired) electrons. The second-order valence-corrected chi connectivity index (χ2v) is 5.23. The van der Waals surface area contributed by atoms with E-state index in [1.165, 1.54) is 0 Å². The van der Waals surface area contributed by atoms with E-state index in [4.69, 9.17) is 4.74 Å². The van der Waals surface area contributed by atoms with Crippen LogP contribution in [0, 0.1) is 0 Å². The molecule has 1 N–H and O–H groups in total. The summed E-state index contributed by atoms with van der Waals surface area (Å²) >= 11 is 0.